The first kappa shape index (κ1) is 38.2. The summed E-state index contributed by atoms with van der Waals surface area (Å²) in [5, 5.41) is 14.3. The molecule has 3 fully saturated rings. The van der Waals surface area contributed by atoms with Crippen LogP contribution in [0.25, 0.3) is 0 Å². The molecule has 0 unspecified atom stereocenters. The van der Waals surface area contributed by atoms with E-state index >= 15 is 4.79 Å². The second kappa shape index (κ2) is 13.8. The van der Waals surface area contributed by atoms with E-state index in [1.807, 2.05) is 0 Å². The van der Waals surface area contributed by atoms with Crippen molar-refractivity contribution in [3.63, 3.8) is 0 Å². The lowest BCUT2D eigenvalue weighted by atomic mass is 9.49. The lowest BCUT2D eigenvalue weighted by Crippen LogP contribution is -2.53. The van der Waals surface area contributed by atoms with Crippen LogP contribution < -0.4 is 15.2 Å². The molecule has 4 aromatic rings. The van der Waals surface area contributed by atoms with Crippen molar-refractivity contribution in [2.75, 3.05) is 24.6 Å². The molecule has 294 valence electrons. The lowest BCUT2D eigenvalue weighted by Gasteiger charge is -2.50. The molecule has 57 heavy (non-hydrogen) atoms. The van der Waals surface area contributed by atoms with E-state index in [1.165, 1.54) is 32.4 Å². The summed E-state index contributed by atoms with van der Waals surface area (Å²) in [6.45, 7) is 0. The number of hydrogen-bond donors (Lipinski definition) is 2. The first-order chi connectivity index (χ1) is 27.1. The number of amides is 4. The zero-order valence-corrected chi connectivity index (χ0v) is 31.4. The number of benzene rings is 3. The van der Waals surface area contributed by atoms with Gasteiger partial charge in [0.15, 0.2) is 5.82 Å². The number of nitrogens with one attached hydrogen (secondary N) is 1. The van der Waals surface area contributed by atoms with Gasteiger partial charge in [0.25, 0.3) is 23.6 Å². The molecule has 0 radical (unpaired) electrons. The average molecular weight is 825 g/mol. The highest BCUT2D eigenvalue weighted by Gasteiger charge is 2.71. The molecule has 17 heteroatoms. The highest BCUT2D eigenvalue weighted by Crippen LogP contribution is 2.65. The third-order valence-electron chi connectivity index (χ3n) is 11.5. The number of hydrazine groups is 2. The van der Waals surface area contributed by atoms with Gasteiger partial charge in [-0.05, 0) is 78.9 Å². The zero-order valence-electron chi connectivity index (χ0n) is 29.9. The Bertz CT molecular complexity index is 2380. The van der Waals surface area contributed by atoms with Crippen molar-refractivity contribution in [3.05, 3.63) is 123 Å². The molecule has 4 aliphatic rings. The van der Waals surface area contributed by atoms with Gasteiger partial charge in [0, 0.05) is 29.6 Å². The molecule has 4 amide bonds. The fourth-order valence-corrected chi connectivity index (χ4v) is 9.44. The summed E-state index contributed by atoms with van der Waals surface area (Å²) in [5.74, 6) is -9.27. The Hall–Kier alpha value is -5.67. The van der Waals surface area contributed by atoms with E-state index in [1.54, 1.807) is 42.5 Å². The number of rotatable bonds is 7. The number of phenols is 1. The molecule has 2 aliphatic heterocycles. The predicted molar refractivity (Wildman–Crippen MR) is 198 cm³/mol. The molecular formula is C40H31Cl2F4N5O6. The van der Waals surface area contributed by atoms with E-state index in [4.69, 9.17) is 27.9 Å². The third-order valence-corrected chi connectivity index (χ3v) is 12.1. The van der Waals surface area contributed by atoms with Crippen LogP contribution in [0, 0.1) is 29.5 Å². The van der Waals surface area contributed by atoms with Gasteiger partial charge in [-0.2, -0.15) is 23.2 Å². The van der Waals surface area contributed by atoms with Crippen LogP contribution in [0.3, 0.4) is 0 Å². The number of hydrogen-bond acceptors (Lipinski definition) is 9. The number of carbonyl (C=O) groups excluding carboxylic acids is 4. The van der Waals surface area contributed by atoms with E-state index in [-0.39, 0.29) is 34.9 Å². The van der Waals surface area contributed by atoms with Gasteiger partial charge < -0.3 is 9.84 Å². The molecule has 2 aliphatic carbocycles. The molecule has 1 aromatic heterocycles. The van der Waals surface area contributed by atoms with Gasteiger partial charge in [0.05, 0.1) is 41.0 Å². The van der Waals surface area contributed by atoms with E-state index in [9.17, 15) is 37.1 Å². The van der Waals surface area contributed by atoms with E-state index in [0.29, 0.717) is 28.0 Å². The number of phenolic OH excluding ortho intramolecular Hbond substituents is 1. The molecule has 2 N–H and O–H groups in total. The number of allylic oxidation sites excluding steroid dienone is 2. The molecule has 8 rings (SSSR count). The average Bonchev–Trinajstić information content (AvgIpc) is 3.56. The topological polar surface area (TPSA) is 132 Å². The van der Waals surface area contributed by atoms with Crippen LogP contribution in [0.2, 0.25) is 10.0 Å². The molecule has 3 heterocycles. The summed E-state index contributed by atoms with van der Waals surface area (Å²) in [6.07, 6.45) is -3.26. The molecule has 0 bridgehead atoms. The Morgan fingerprint density at radius 1 is 0.930 bits per heavy atom. The highest BCUT2D eigenvalue weighted by atomic mass is 35.5. The molecule has 2 saturated heterocycles. The number of aromatic nitrogens is 1. The Kier molecular flexibility index (Phi) is 9.23. The van der Waals surface area contributed by atoms with Gasteiger partial charge in [-0.3, -0.25) is 29.6 Å². The summed E-state index contributed by atoms with van der Waals surface area (Å²) >= 11 is 12.6. The van der Waals surface area contributed by atoms with Gasteiger partial charge in [0.2, 0.25) is 0 Å². The smallest absolute Gasteiger partial charge is 0.433 e. The van der Waals surface area contributed by atoms with Crippen LogP contribution in [0.15, 0.2) is 90.5 Å². The Balaban J connectivity index is 1.29. The van der Waals surface area contributed by atoms with Crippen molar-refractivity contribution in [2.45, 2.75) is 30.4 Å². The number of ether oxygens (including phenoxy) is 1. The van der Waals surface area contributed by atoms with Crippen LogP contribution in [-0.4, -0.2) is 57.9 Å². The van der Waals surface area contributed by atoms with Crippen molar-refractivity contribution in [3.8, 4) is 11.5 Å². The number of alkyl halides is 3. The number of fused-ring (bicyclic) bond motifs is 4. The van der Waals surface area contributed by atoms with Crippen LogP contribution >= 0.6 is 23.2 Å². The Morgan fingerprint density at radius 2 is 1.63 bits per heavy atom. The van der Waals surface area contributed by atoms with E-state index in [0.717, 1.165) is 33.2 Å². The van der Waals surface area contributed by atoms with Crippen molar-refractivity contribution in [1.29, 1.82) is 0 Å². The monoisotopic (exact) mass is 823 g/mol. The van der Waals surface area contributed by atoms with E-state index in [2.05, 4.69) is 10.4 Å². The minimum absolute atomic E-state index is 0.0242. The predicted octanol–water partition coefficient (Wildman–Crippen LogP) is 7.30. The molecule has 11 nitrogen and oxygen atoms in total. The van der Waals surface area contributed by atoms with Crippen LogP contribution in [0.1, 0.15) is 35.6 Å². The summed E-state index contributed by atoms with van der Waals surface area (Å²) in [5.41, 5.74) is 1.10. The SMILES string of the molecule is COc1ccc([C@H]2C3=CC[C@@H]4C(=O)N(N(C)c5nc(C(F)(F)F)ccc5Cl)C(=O)[C@@H]4[C@@H]3C[C@H]3C(=O)N(Nc4ccc(F)cc4)C(=O)[C@@]23c2ccc(Cl)cc2)c(O)c1. The van der Waals surface area contributed by atoms with Gasteiger partial charge >= 0.3 is 6.18 Å². The molecule has 3 aromatic carbocycles. The number of aromatic hydroxyl groups is 1. The lowest BCUT2D eigenvalue weighted by molar-refractivity contribution is -0.142. The summed E-state index contributed by atoms with van der Waals surface area (Å²) < 4.78 is 60.3. The Morgan fingerprint density at radius 3 is 2.28 bits per heavy atom. The first-order valence-corrected chi connectivity index (χ1v) is 18.4. The molecule has 0 spiro atoms. The van der Waals surface area contributed by atoms with E-state index < -0.39 is 82.1 Å². The number of methoxy groups -OCH3 is 1. The maximum absolute atomic E-state index is 15.3. The first-order valence-electron chi connectivity index (χ1n) is 17.7. The number of nitrogens with zero attached hydrogens (tertiary/aromatic N) is 4. The molecule has 1 saturated carbocycles. The second-order valence-corrected chi connectivity index (χ2v) is 15.2. The number of anilines is 2. The Labute approximate surface area is 332 Å². The van der Waals surface area contributed by atoms with Crippen LogP contribution in [-0.2, 0) is 30.8 Å². The number of carbonyl (C=O) groups is 4. The van der Waals surface area contributed by atoms with Crippen molar-refractivity contribution >= 4 is 58.3 Å². The minimum atomic E-state index is -4.85. The van der Waals surface area contributed by atoms with Gasteiger partial charge in [-0.25, -0.2) is 9.37 Å². The normalized spacial score (nSPS) is 25.5. The van der Waals surface area contributed by atoms with Crippen molar-refractivity contribution in [1.82, 2.24) is 15.0 Å². The van der Waals surface area contributed by atoms with Crippen molar-refractivity contribution < 1.29 is 46.6 Å². The van der Waals surface area contributed by atoms with Gasteiger partial charge in [-0.1, -0.05) is 53.1 Å². The summed E-state index contributed by atoms with van der Waals surface area (Å²) in [6, 6.07) is 17.6. The summed E-state index contributed by atoms with van der Waals surface area (Å²) in [4.78, 5) is 62.5. The van der Waals surface area contributed by atoms with Gasteiger partial charge in [0.1, 0.15) is 23.0 Å². The fraction of sp³-hybridized carbons (Fsp3) is 0.275. The number of pyridine rings is 1. The van der Waals surface area contributed by atoms with Gasteiger partial charge in [-0.15, -0.1) is 0 Å². The number of halogens is 6. The standard InChI is InChI=1S/C40H31Cl2F4N5O6/c1-49(34-29(42)15-16-31(47-34)40(44,45)46)51-35(53)26-14-13-24-27(32(26)37(51)55)18-28-36(54)50(48-22-9-7-21(43)8-10-22)38(56)39(28,19-3-5-20(41)6-4-19)33(24)25-12-11-23(57-2)17-30(25)52/h3-13,15-17,26-28,32-33,48,52H,14,18H2,1-2H3/t26-,27+,28-,32-,33+,39+/m0/s1. The highest BCUT2D eigenvalue weighted by molar-refractivity contribution is 6.33. The second-order valence-electron chi connectivity index (χ2n) is 14.3. The quantitative estimate of drug-likeness (QED) is 0.112. The van der Waals surface area contributed by atoms with Crippen molar-refractivity contribution in [2.24, 2.45) is 23.7 Å². The maximum Gasteiger partial charge on any atom is 0.433 e. The minimum Gasteiger partial charge on any atom is -0.508 e. The van der Waals surface area contributed by atoms with Crippen LogP contribution in [0.4, 0.5) is 29.1 Å². The maximum atomic E-state index is 15.3. The fourth-order valence-electron chi connectivity index (χ4n) is 9.08. The number of imide groups is 2. The van der Waals surface area contributed by atoms with Crippen LogP contribution in [0.5, 0.6) is 11.5 Å². The zero-order chi connectivity index (χ0) is 40.7. The third kappa shape index (κ3) is 5.89. The molecular weight excluding hydrogens is 793 g/mol. The largest absolute Gasteiger partial charge is 0.508 e. The summed E-state index contributed by atoms with van der Waals surface area (Å²) in [7, 11) is 2.62. The molecule has 6 atom stereocenters.